The van der Waals surface area contributed by atoms with Gasteiger partial charge in [0.1, 0.15) is 0 Å². The first-order chi connectivity index (χ1) is 7.03. The third-order valence-corrected chi connectivity index (χ3v) is 2.71. The summed E-state index contributed by atoms with van der Waals surface area (Å²) in [5.41, 5.74) is -1.10. The molecule has 1 heterocycles. The fourth-order valence-corrected chi connectivity index (χ4v) is 1.78. The minimum absolute atomic E-state index is 0.330. The number of nitrogens with zero attached hydrogens (tertiary/aromatic N) is 1. The lowest BCUT2D eigenvalue weighted by Gasteiger charge is -2.31. The van der Waals surface area contributed by atoms with Crippen LogP contribution in [0.15, 0.2) is 0 Å². The molecule has 15 heavy (non-hydrogen) atoms. The number of carbonyl (C=O) groups is 2. The van der Waals surface area contributed by atoms with Crippen LogP contribution in [-0.2, 0) is 14.3 Å². The van der Waals surface area contributed by atoms with Crippen molar-refractivity contribution in [2.75, 3.05) is 21.3 Å². The van der Waals surface area contributed by atoms with E-state index in [9.17, 15) is 9.59 Å². The van der Waals surface area contributed by atoms with Gasteiger partial charge in [-0.05, 0) is 6.42 Å². The highest BCUT2D eigenvalue weighted by Gasteiger charge is 2.54. The van der Waals surface area contributed by atoms with Gasteiger partial charge in [-0.2, -0.15) is 0 Å². The van der Waals surface area contributed by atoms with E-state index in [1.165, 1.54) is 21.3 Å². The Morgan fingerprint density at radius 1 is 1.40 bits per heavy atom. The Hall–Kier alpha value is -1.14. The molecule has 6 heteroatoms. The van der Waals surface area contributed by atoms with Crippen molar-refractivity contribution in [3.63, 3.8) is 0 Å². The summed E-state index contributed by atoms with van der Waals surface area (Å²) >= 11 is 0. The third kappa shape index (κ3) is 1.59. The summed E-state index contributed by atoms with van der Waals surface area (Å²) in [6.07, 6.45) is -0.363. The molecule has 1 aliphatic rings. The molecule has 0 aromatic carbocycles. The van der Waals surface area contributed by atoms with Crippen molar-refractivity contribution >= 4 is 11.9 Å². The number of hydrogen-bond donors (Lipinski definition) is 1. The van der Waals surface area contributed by atoms with Gasteiger partial charge >= 0.3 is 6.03 Å². The largest absolute Gasteiger partial charge is 0.353 e. The smallest absolute Gasteiger partial charge is 0.324 e. The second-order valence-electron chi connectivity index (χ2n) is 3.42. The van der Waals surface area contributed by atoms with Crippen LogP contribution in [0.2, 0.25) is 0 Å². The molecular weight excluding hydrogens is 200 g/mol. The van der Waals surface area contributed by atoms with Crippen LogP contribution >= 0.6 is 0 Å². The van der Waals surface area contributed by atoms with Crippen LogP contribution in [0.3, 0.4) is 0 Å². The van der Waals surface area contributed by atoms with Crippen LogP contribution in [0.4, 0.5) is 4.79 Å². The molecule has 1 fully saturated rings. The first kappa shape index (κ1) is 11.9. The van der Waals surface area contributed by atoms with Gasteiger partial charge in [0.15, 0.2) is 11.8 Å². The number of likely N-dealkylation sites (N-methyl/N-ethyl adjacent to an activating group) is 1. The van der Waals surface area contributed by atoms with Crippen LogP contribution in [0.1, 0.15) is 13.3 Å². The van der Waals surface area contributed by atoms with Gasteiger partial charge in [-0.1, -0.05) is 6.92 Å². The number of carbonyl (C=O) groups excluding carboxylic acids is 2. The van der Waals surface area contributed by atoms with E-state index >= 15 is 0 Å². The molecule has 0 aromatic heterocycles. The van der Waals surface area contributed by atoms with Crippen LogP contribution in [0.25, 0.3) is 0 Å². The number of urea groups is 1. The maximum atomic E-state index is 11.9. The van der Waals surface area contributed by atoms with E-state index in [1.54, 1.807) is 6.92 Å². The average molecular weight is 216 g/mol. The van der Waals surface area contributed by atoms with Crippen LogP contribution in [0.5, 0.6) is 0 Å². The molecular formula is C9H16N2O4. The van der Waals surface area contributed by atoms with Gasteiger partial charge in [0, 0.05) is 21.3 Å². The maximum Gasteiger partial charge on any atom is 0.324 e. The average Bonchev–Trinajstić information content (AvgIpc) is 2.46. The van der Waals surface area contributed by atoms with E-state index in [0.29, 0.717) is 6.42 Å². The van der Waals surface area contributed by atoms with Gasteiger partial charge in [0.2, 0.25) is 0 Å². The Kier molecular flexibility index (Phi) is 3.31. The Labute approximate surface area is 88.5 Å². The van der Waals surface area contributed by atoms with Gasteiger partial charge in [-0.15, -0.1) is 0 Å². The number of methoxy groups -OCH3 is 2. The third-order valence-electron chi connectivity index (χ3n) is 2.71. The summed E-state index contributed by atoms with van der Waals surface area (Å²) < 4.78 is 10.1. The first-order valence-electron chi connectivity index (χ1n) is 4.69. The molecule has 0 bridgehead atoms. The summed E-state index contributed by atoms with van der Waals surface area (Å²) in [7, 11) is 4.30. The van der Waals surface area contributed by atoms with E-state index in [-0.39, 0.29) is 5.91 Å². The zero-order chi connectivity index (χ0) is 11.6. The molecule has 1 rings (SSSR count). The summed E-state index contributed by atoms with van der Waals surface area (Å²) in [4.78, 5) is 24.3. The highest BCUT2D eigenvalue weighted by molar-refractivity contribution is 6.07. The van der Waals surface area contributed by atoms with Gasteiger partial charge in [0.25, 0.3) is 5.91 Å². The quantitative estimate of drug-likeness (QED) is 0.528. The van der Waals surface area contributed by atoms with Crippen molar-refractivity contribution < 1.29 is 19.1 Å². The number of imide groups is 1. The molecule has 1 saturated heterocycles. The van der Waals surface area contributed by atoms with Crippen molar-refractivity contribution in [3.8, 4) is 0 Å². The van der Waals surface area contributed by atoms with Crippen molar-refractivity contribution in [1.29, 1.82) is 0 Å². The number of amides is 3. The van der Waals surface area contributed by atoms with Crippen LogP contribution in [0, 0.1) is 0 Å². The van der Waals surface area contributed by atoms with E-state index in [0.717, 1.165) is 4.90 Å². The van der Waals surface area contributed by atoms with Crippen molar-refractivity contribution in [3.05, 3.63) is 0 Å². The SMILES string of the molecule is CC[C@@]1(C(OC)OC)NC(=O)N(C)C1=O. The molecule has 0 spiro atoms. The van der Waals surface area contributed by atoms with E-state index < -0.39 is 17.9 Å². The summed E-state index contributed by atoms with van der Waals surface area (Å²) in [5.74, 6) is -0.330. The van der Waals surface area contributed by atoms with Crippen LogP contribution in [-0.4, -0.2) is 49.9 Å². The van der Waals surface area contributed by atoms with Gasteiger partial charge in [-0.25, -0.2) is 4.79 Å². The van der Waals surface area contributed by atoms with Gasteiger partial charge < -0.3 is 14.8 Å². The van der Waals surface area contributed by atoms with E-state index in [4.69, 9.17) is 9.47 Å². The zero-order valence-corrected chi connectivity index (χ0v) is 9.36. The highest BCUT2D eigenvalue weighted by Crippen LogP contribution is 2.26. The Morgan fingerprint density at radius 3 is 2.20 bits per heavy atom. The molecule has 0 unspecified atom stereocenters. The standard InChI is InChI=1S/C9H16N2O4/c1-5-9(7(14-3)15-4)6(12)11(2)8(13)10-9/h7H,5H2,1-4H3,(H,10,13)/t9-/m1/s1. The minimum Gasteiger partial charge on any atom is -0.353 e. The predicted octanol–water partition coefficient (Wildman–Crippen LogP) is -0.0643. The van der Waals surface area contributed by atoms with Gasteiger partial charge in [-0.3, -0.25) is 9.69 Å². The van der Waals surface area contributed by atoms with Gasteiger partial charge in [0.05, 0.1) is 0 Å². The predicted molar refractivity (Wildman–Crippen MR) is 52.1 cm³/mol. The number of ether oxygens (including phenoxy) is 2. The Bertz CT molecular complexity index is 277. The molecule has 0 aliphatic carbocycles. The van der Waals surface area contributed by atoms with E-state index in [2.05, 4.69) is 5.32 Å². The molecule has 0 aromatic rings. The fourth-order valence-electron chi connectivity index (χ4n) is 1.78. The molecule has 6 nitrogen and oxygen atoms in total. The fraction of sp³-hybridized carbons (Fsp3) is 0.778. The molecule has 1 aliphatic heterocycles. The molecule has 1 N–H and O–H groups in total. The minimum atomic E-state index is -1.10. The normalized spacial score (nSPS) is 26.3. The summed E-state index contributed by atoms with van der Waals surface area (Å²) in [6.45, 7) is 1.79. The molecule has 0 radical (unpaired) electrons. The van der Waals surface area contributed by atoms with Crippen molar-refractivity contribution in [2.24, 2.45) is 0 Å². The summed E-state index contributed by atoms with van der Waals surface area (Å²) in [5, 5.41) is 2.61. The summed E-state index contributed by atoms with van der Waals surface area (Å²) in [6, 6.07) is -0.430. The second kappa shape index (κ2) is 4.16. The molecule has 3 amide bonds. The topological polar surface area (TPSA) is 67.9 Å². The first-order valence-corrected chi connectivity index (χ1v) is 4.69. The van der Waals surface area contributed by atoms with E-state index in [1.807, 2.05) is 0 Å². The highest BCUT2D eigenvalue weighted by atomic mass is 16.7. The Morgan fingerprint density at radius 2 is 1.93 bits per heavy atom. The number of rotatable bonds is 4. The Balaban J connectivity index is 3.05. The second-order valence-corrected chi connectivity index (χ2v) is 3.42. The van der Waals surface area contributed by atoms with Crippen molar-refractivity contribution in [1.82, 2.24) is 10.2 Å². The number of nitrogens with one attached hydrogen (secondary N) is 1. The lowest BCUT2D eigenvalue weighted by Crippen LogP contribution is -2.57. The monoisotopic (exact) mass is 216 g/mol. The van der Waals surface area contributed by atoms with Crippen molar-refractivity contribution in [2.45, 2.75) is 25.2 Å². The molecule has 86 valence electrons. The number of hydrogen-bond acceptors (Lipinski definition) is 4. The maximum absolute atomic E-state index is 11.9. The molecule has 0 saturated carbocycles. The lowest BCUT2D eigenvalue weighted by molar-refractivity contribution is -0.168. The lowest BCUT2D eigenvalue weighted by atomic mass is 9.95. The van der Waals surface area contributed by atoms with Crippen LogP contribution < -0.4 is 5.32 Å². The zero-order valence-electron chi connectivity index (χ0n) is 9.36. The molecule has 1 atom stereocenters.